The summed E-state index contributed by atoms with van der Waals surface area (Å²) >= 11 is 0. The van der Waals surface area contributed by atoms with Crippen molar-refractivity contribution in [3.05, 3.63) is 58.5 Å². The van der Waals surface area contributed by atoms with E-state index in [1.54, 1.807) is 31.4 Å². The fourth-order valence-corrected chi connectivity index (χ4v) is 3.57. The molecular weight excluding hydrogens is 338 g/mol. The predicted molar refractivity (Wildman–Crippen MR) is 99.0 cm³/mol. The van der Waals surface area contributed by atoms with Crippen LogP contribution >= 0.6 is 0 Å². The Morgan fingerprint density at radius 2 is 1.72 bits per heavy atom. The molecule has 0 aliphatic heterocycles. The SMILES string of the molecule is COc1ccc(S(C)(=O)=O)cc1-c1cn(C)c(=O)c2ccc(C)cc12. The summed E-state index contributed by atoms with van der Waals surface area (Å²) in [6.07, 6.45) is 2.88. The summed E-state index contributed by atoms with van der Waals surface area (Å²) in [7, 11) is -0.147. The average Bonchev–Trinajstić information content (AvgIpc) is 2.56. The highest BCUT2D eigenvalue weighted by molar-refractivity contribution is 7.90. The summed E-state index contributed by atoms with van der Waals surface area (Å²) in [6.45, 7) is 1.95. The predicted octanol–water partition coefficient (Wildman–Crippen LogP) is 2.93. The quantitative estimate of drug-likeness (QED) is 0.723. The Hall–Kier alpha value is -2.60. The number of aromatic nitrogens is 1. The van der Waals surface area contributed by atoms with Gasteiger partial charge in [0, 0.05) is 36.0 Å². The normalized spacial score (nSPS) is 11.7. The van der Waals surface area contributed by atoms with Crippen molar-refractivity contribution in [1.29, 1.82) is 0 Å². The largest absolute Gasteiger partial charge is 0.496 e. The van der Waals surface area contributed by atoms with Crippen molar-refractivity contribution in [3.63, 3.8) is 0 Å². The van der Waals surface area contributed by atoms with Crippen molar-refractivity contribution in [2.75, 3.05) is 13.4 Å². The van der Waals surface area contributed by atoms with Crippen LogP contribution in [-0.2, 0) is 16.9 Å². The second-order valence-electron chi connectivity index (χ2n) is 6.14. The fraction of sp³-hybridized carbons (Fsp3) is 0.211. The molecule has 0 amide bonds. The summed E-state index contributed by atoms with van der Waals surface area (Å²) in [5, 5.41) is 1.35. The fourth-order valence-electron chi connectivity index (χ4n) is 2.92. The molecule has 0 aliphatic carbocycles. The summed E-state index contributed by atoms with van der Waals surface area (Å²) < 4.78 is 30.9. The van der Waals surface area contributed by atoms with Gasteiger partial charge in [0.05, 0.1) is 12.0 Å². The molecule has 0 atom stereocenters. The van der Waals surface area contributed by atoms with Crippen LogP contribution in [0.15, 0.2) is 52.3 Å². The molecule has 0 radical (unpaired) electrons. The molecule has 0 fully saturated rings. The standard InChI is InChI=1S/C19H19NO4S/c1-12-5-7-14-15(9-12)17(11-20(2)19(14)21)16-10-13(25(4,22)23)6-8-18(16)24-3/h5-11H,1-4H3. The smallest absolute Gasteiger partial charge is 0.258 e. The van der Waals surface area contributed by atoms with E-state index in [0.29, 0.717) is 16.7 Å². The monoisotopic (exact) mass is 357 g/mol. The highest BCUT2D eigenvalue weighted by atomic mass is 32.2. The Morgan fingerprint density at radius 3 is 2.36 bits per heavy atom. The van der Waals surface area contributed by atoms with E-state index < -0.39 is 9.84 Å². The molecule has 0 unspecified atom stereocenters. The second kappa shape index (κ2) is 6.04. The first-order chi connectivity index (χ1) is 11.7. The molecular formula is C19H19NO4S. The van der Waals surface area contributed by atoms with Crippen molar-refractivity contribution in [2.24, 2.45) is 7.05 Å². The van der Waals surface area contributed by atoms with E-state index in [0.717, 1.165) is 16.5 Å². The molecule has 130 valence electrons. The summed E-state index contributed by atoms with van der Waals surface area (Å²) in [5.41, 5.74) is 2.30. The number of hydrogen-bond donors (Lipinski definition) is 0. The van der Waals surface area contributed by atoms with E-state index in [4.69, 9.17) is 4.74 Å². The van der Waals surface area contributed by atoms with E-state index >= 15 is 0 Å². The summed E-state index contributed by atoms with van der Waals surface area (Å²) in [6, 6.07) is 10.4. The minimum absolute atomic E-state index is 0.100. The van der Waals surface area contributed by atoms with Crippen LogP contribution in [0.4, 0.5) is 0 Å². The van der Waals surface area contributed by atoms with Crippen molar-refractivity contribution in [2.45, 2.75) is 11.8 Å². The lowest BCUT2D eigenvalue weighted by atomic mass is 9.98. The lowest BCUT2D eigenvalue weighted by Crippen LogP contribution is -2.16. The van der Waals surface area contributed by atoms with Crippen LogP contribution in [0.5, 0.6) is 5.75 Å². The first-order valence-electron chi connectivity index (χ1n) is 7.71. The van der Waals surface area contributed by atoms with Gasteiger partial charge in [-0.25, -0.2) is 8.42 Å². The highest BCUT2D eigenvalue weighted by Gasteiger charge is 2.16. The van der Waals surface area contributed by atoms with Crippen molar-refractivity contribution in [3.8, 4) is 16.9 Å². The van der Waals surface area contributed by atoms with Gasteiger partial charge in [-0.1, -0.05) is 17.7 Å². The van der Waals surface area contributed by atoms with Crippen molar-refractivity contribution in [1.82, 2.24) is 4.57 Å². The van der Waals surface area contributed by atoms with Crippen LogP contribution in [0.1, 0.15) is 5.56 Å². The Morgan fingerprint density at radius 1 is 1.00 bits per heavy atom. The molecule has 6 heteroatoms. The minimum atomic E-state index is -3.36. The van der Waals surface area contributed by atoms with Crippen LogP contribution in [0.3, 0.4) is 0 Å². The summed E-state index contributed by atoms with van der Waals surface area (Å²) in [4.78, 5) is 12.6. The van der Waals surface area contributed by atoms with E-state index in [1.807, 2.05) is 19.1 Å². The van der Waals surface area contributed by atoms with E-state index in [-0.39, 0.29) is 10.5 Å². The topological polar surface area (TPSA) is 65.4 Å². The second-order valence-corrected chi connectivity index (χ2v) is 8.16. The zero-order valence-corrected chi connectivity index (χ0v) is 15.3. The maximum absolute atomic E-state index is 12.4. The van der Waals surface area contributed by atoms with Crippen LogP contribution in [0.2, 0.25) is 0 Å². The van der Waals surface area contributed by atoms with Crippen LogP contribution in [0.25, 0.3) is 21.9 Å². The van der Waals surface area contributed by atoms with Gasteiger partial charge in [0.15, 0.2) is 9.84 Å². The van der Waals surface area contributed by atoms with Gasteiger partial charge in [0.25, 0.3) is 5.56 Å². The highest BCUT2D eigenvalue weighted by Crippen LogP contribution is 2.36. The number of nitrogens with zero attached hydrogens (tertiary/aromatic N) is 1. The van der Waals surface area contributed by atoms with Crippen molar-refractivity contribution >= 4 is 20.6 Å². The number of hydrogen-bond acceptors (Lipinski definition) is 4. The molecule has 0 N–H and O–H groups in total. The molecule has 5 nitrogen and oxygen atoms in total. The third-order valence-corrected chi connectivity index (χ3v) is 5.34. The lowest BCUT2D eigenvalue weighted by Gasteiger charge is -2.14. The number of rotatable bonds is 3. The van der Waals surface area contributed by atoms with Gasteiger partial charge in [-0.3, -0.25) is 4.79 Å². The molecule has 1 aromatic heterocycles. The molecule has 1 heterocycles. The molecule has 0 spiro atoms. The molecule has 0 saturated carbocycles. The van der Waals surface area contributed by atoms with Crippen LogP contribution < -0.4 is 10.3 Å². The van der Waals surface area contributed by atoms with Crippen molar-refractivity contribution < 1.29 is 13.2 Å². The summed E-state index contributed by atoms with van der Waals surface area (Å²) in [5.74, 6) is 0.550. The maximum atomic E-state index is 12.4. The Kier molecular flexibility index (Phi) is 4.16. The lowest BCUT2D eigenvalue weighted by molar-refractivity contribution is 0.416. The molecule has 25 heavy (non-hydrogen) atoms. The molecule has 0 saturated heterocycles. The van der Waals surface area contributed by atoms with E-state index in [2.05, 4.69) is 0 Å². The third-order valence-electron chi connectivity index (χ3n) is 4.23. The molecule has 3 aromatic rings. The Balaban J connectivity index is 2.46. The molecule has 3 rings (SSSR count). The van der Waals surface area contributed by atoms with Gasteiger partial charge >= 0.3 is 0 Å². The molecule has 0 bridgehead atoms. The number of benzene rings is 2. The number of sulfone groups is 1. The first-order valence-corrected chi connectivity index (χ1v) is 9.60. The Bertz CT molecular complexity index is 1140. The van der Waals surface area contributed by atoms with E-state index in [9.17, 15) is 13.2 Å². The van der Waals surface area contributed by atoms with Gasteiger partial charge in [0.2, 0.25) is 0 Å². The number of methoxy groups -OCH3 is 1. The molecule has 2 aromatic carbocycles. The molecule has 0 aliphatic rings. The van der Waals surface area contributed by atoms with Gasteiger partial charge in [-0.15, -0.1) is 0 Å². The van der Waals surface area contributed by atoms with Gasteiger partial charge in [-0.05, 0) is 36.6 Å². The van der Waals surface area contributed by atoms with Gasteiger partial charge < -0.3 is 9.30 Å². The average molecular weight is 357 g/mol. The maximum Gasteiger partial charge on any atom is 0.258 e. The first kappa shape index (κ1) is 17.2. The van der Waals surface area contributed by atoms with E-state index in [1.165, 1.54) is 24.0 Å². The zero-order chi connectivity index (χ0) is 18.4. The number of fused-ring (bicyclic) bond motifs is 1. The zero-order valence-electron chi connectivity index (χ0n) is 14.5. The number of ether oxygens (including phenoxy) is 1. The minimum Gasteiger partial charge on any atom is -0.496 e. The van der Waals surface area contributed by atoms with Gasteiger partial charge in [0.1, 0.15) is 5.75 Å². The van der Waals surface area contributed by atoms with Crippen LogP contribution in [-0.4, -0.2) is 26.4 Å². The Labute approximate surface area is 146 Å². The third kappa shape index (κ3) is 3.05. The van der Waals surface area contributed by atoms with Gasteiger partial charge in [-0.2, -0.15) is 0 Å². The van der Waals surface area contributed by atoms with Crippen LogP contribution in [0, 0.1) is 6.92 Å². The number of aryl methyl sites for hydroxylation is 2. The number of pyridine rings is 1.